The van der Waals surface area contributed by atoms with E-state index in [1.807, 2.05) is 7.05 Å². The Balaban J connectivity index is 2.02. The van der Waals surface area contributed by atoms with E-state index in [1.54, 1.807) is 18.3 Å². The van der Waals surface area contributed by atoms with Crippen LogP contribution in [0, 0.1) is 5.41 Å². The SMILES string of the molecule is CCC1(CNS(=O)(=O)c2ccc(CNC)cn2)CC1. The zero-order valence-electron chi connectivity index (χ0n) is 11.4. The van der Waals surface area contributed by atoms with E-state index < -0.39 is 10.0 Å². The van der Waals surface area contributed by atoms with Crippen molar-refractivity contribution < 1.29 is 8.42 Å². The van der Waals surface area contributed by atoms with Crippen molar-refractivity contribution in [3.63, 3.8) is 0 Å². The Morgan fingerprint density at radius 1 is 1.37 bits per heavy atom. The molecule has 0 radical (unpaired) electrons. The van der Waals surface area contributed by atoms with Crippen molar-refractivity contribution in [2.45, 2.75) is 37.8 Å². The first-order valence-electron chi connectivity index (χ1n) is 6.60. The summed E-state index contributed by atoms with van der Waals surface area (Å²) in [4.78, 5) is 4.03. The quantitative estimate of drug-likeness (QED) is 0.790. The summed E-state index contributed by atoms with van der Waals surface area (Å²) in [5.41, 5.74) is 1.16. The standard InChI is InChI=1S/C13H21N3O2S/c1-3-13(6-7-13)10-16-19(17,18)12-5-4-11(8-14-2)9-15-12/h4-5,9,14,16H,3,6-8,10H2,1-2H3. The minimum absolute atomic E-state index is 0.0965. The third-order valence-corrected chi connectivity index (χ3v) is 5.11. The molecule has 1 aliphatic carbocycles. The van der Waals surface area contributed by atoms with E-state index in [1.165, 1.54) is 0 Å². The summed E-state index contributed by atoms with van der Waals surface area (Å²) in [5, 5.41) is 3.09. The molecule has 1 fully saturated rings. The van der Waals surface area contributed by atoms with Gasteiger partial charge in [-0.15, -0.1) is 0 Å². The molecule has 2 N–H and O–H groups in total. The fraction of sp³-hybridized carbons (Fsp3) is 0.615. The summed E-state index contributed by atoms with van der Waals surface area (Å²) >= 11 is 0. The molecule has 0 atom stereocenters. The molecule has 1 aromatic heterocycles. The van der Waals surface area contributed by atoms with Gasteiger partial charge in [-0.2, -0.15) is 0 Å². The third-order valence-electron chi connectivity index (χ3n) is 3.80. The minimum atomic E-state index is -3.48. The number of hydrogen-bond donors (Lipinski definition) is 2. The Hall–Kier alpha value is -0.980. The molecule has 0 amide bonds. The predicted octanol–water partition coefficient (Wildman–Crippen LogP) is 1.27. The van der Waals surface area contributed by atoms with Gasteiger partial charge in [0.05, 0.1) is 0 Å². The minimum Gasteiger partial charge on any atom is -0.316 e. The first-order valence-corrected chi connectivity index (χ1v) is 8.09. The van der Waals surface area contributed by atoms with Crippen molar-refractivity contribution in [3.05, 3.63) is 23.9 Å². The molecule has 5 nitrogen and oxygen atoms in total. The first-order chi connectivity index (χ1) is 9.01. The van der Waals surface area contributed by atoms with E-state index >= 15 is 0 Å². The van der Waals surface area contributed by atoms with Crippen LogP contribution >= 0.6 is 0 Å². The van der Waals surface area contributed by atoms with Crippen molar-refractivity contribution in [1.29, 1.82) is 0 Å². The summed E-state index contributed by atoms with van der Waals surface area (Å²) in [6.45, 7) is 3.30. The van der Waals surface area contributed by atoms with Crippen LogP contribution < -0.4 is 10.0 Å². The van der Waals surface area contributed by atoms with Gasteiger partial charge in [0.1, 0.15) is 0 Å². The zero-order chi connectivity index (χ0) is 13.9. The molecule has 0 unspecified atom stereocenters. The molecule has 0 aliphatic heterocycles. The number of pyridine rings is 1. The molecule has 106 valence electrons. The Labute approximate surface area is 114 Å². The number of aromatic nitrogens is 1. The van der Waals surface area contributed by atoms with E-state index in [0.29, 0.717) is 13.1 Å². The maximum Gasteiger partial charge on any atom is 0.258 e. The number of hydrogen-bond acceptors (Lipinski definition) is 4. The fourth-order valence-electron chi connectivity index (χ4n) is 2.03. The lowest BCUT2D eigenvalue weighted by atomic mass is 10.1. The van der Waals surface area contributed by atoms with Crippen LogP contribution in [0.25, 0.3) is 0 Å². The maximum absolute atomic E-state index is 12.1. The predicted molar refractivity (Wildman–Crippen MR) is 74.1 cm³/mol. The molecule has 1 heterocycles. The lowest BCUT2D eigenvalue weighted by Crippen LogP contribution is -2.30. The zero-order valence-corrected chi connectivity index (χ0v) is 12.3. The molecular formula is C13H21N3O2S. The summed E-state index contributed by atoms with van der Waals surface area (Å²) in [7, 11) is -1.64. The summed E-state index contributed by atoms with van der Waals surface area (Å²) in [5.74, 6) is 0. The molecule has 0 saturated heterocycles. The van der Waals surface area contributed by atoms with Crippen molar-refractivity contribution in [2.24, 2.45) is 5.41 Å². The average Bonchev–Trinajstić information content (AvgIpc) is 3.18. The van der Waals surface area contributed by atoms with Crippen molar-refractivity contribution in [3.8, 4) is 0 Å². The van der Waals surface area contributed by atoms with Crippen LogP contribution in [0.5, 0.6) is 0 Å². The van der Waals surface area contributed by atoms with Gasteiger partial charge in [-0.05, 0) is 43.4 Å². The molecule has 1 saturated carbocycles. The molecule has 1 aromatic rings. The van der Waals surface area contributed by atoms with Crippen LogP contribution in [0.4, 0.5) is 0 Å². The van der Waals surface area contributed by atoms with Crippen molar-refractivity contribution in [1.82, 2.24) is 15.0 Å². The molecule has 0 bridgehead atoms. The second-order valence-electron chi connectivity index (χ2n) is 5.21. The molecular weight excluding hydrogens is 262 g/mol. The highest BCUT2D eigenvalue weighted by Gasteiger charge is 2.41. The second-order valence-corrected chi connectivity index (χ2v) is 6.93. The number of rotatable bonds is 7. The highest BCUT2D eigenvalue weighted by atomic mass is 32.2. The van der Waals surface area contributed by atoms with Gasteiger partial charge in [-0.3, -0.25) is 0 Å². The molecule has 0 spiro atoms. The van der Waals surface area contributed by atoms with Crippen molar-refractivity contribution in [2.75, 3.05) is 13.6 Å². The Morgan fingerprint density at radius 3 is 2.58 bits per heavy atom. The molecule has 0 aromatic carbocycles. The van der Waals surface area contributed by atoms with Crippen LogP contribution in [0.1, 0.15) is 31.7 Å². The smallest absolute Gasteiger partial charge is 0.258 e. The van der Waals surface area contributed by atoms with Crippen LogP contribution in [0.3, 0.4) is 0 Å². The van der Waals surface area contributed by atoms with Gasteiger partial charge < -0.3 is 5.32 Å². The van der Waals surface area contributed by atoms with Gasteiger partial charge in [0.25, 0.3) is 10.0 Å². The molecule has 1 aliphatic rings. The van der Waals surface area contributed by atoms with Gasteiger partial charge in [-0.1, -0.05) is 13.0 Å². The largest absolute Gasteiger partial charge is 0.316 e. The summed E-state index contributed by atoms with van der Waals surface area (Å²) in [6, 6.07) is 3.34. The fourth-order valence-corrected chi connectivity index (χ4v) is 3.12. The van der Waals surface area contributed by atoms with Gasteiger partial charge >= 0.3 is 0 Å². The van der Waals surface area contributed by atoms with E-state index in [2.05, 4.69) is 21.9 Å². The van der Waals surface area contributed by atoms with E-state index in [4.69, 9.17) is 0 Å². The Bertz CT molecular complexity index is 521. The van der Waals surface area contributed by atoms with E-state index in [0.717, 1.165) is 24.8 Å². The van der Waals surface area contributed by atoms with Gasteiger partial charge in [0.15, 0.2) is 5.03 Å². The summed E-state index contributed by atoms with van der Waals surface area (Å²) < 4.78 is 26.9. The topological polar surface area (TPSA) is 71.1 Å². The third kappa shape index (κ3) is 3.52. The lowest BCUT2D eigenvalue weighted by molar-refractivity contribution is 0.475. The average molecular weight is 283 g/mol. The van der Waals surface area contributed by atoms with Crippen LogP contribution in [-0.4, -0.2) is 27.0 Å². The Kier molecular flexibility index (Phi) is 4.23. The van der Waals surface area contributed by atoms with E-state index in [-0.39, 0.29) is 10.4 Å². The van der Waals surface area contributed by atoms with E-state index in [9.17, 15) is 8.42 Å². The van der Waals surface area contributed by atoms with Crippen molar-refractivity contribution >= 4 is 10.0 Å². The molecule has 2 rings (SSSR count). The van der Waals surface area contributed by atoms with Crippen LogP contribution in [-0.2, 0) is 16.6 Å². The maximum atomic E-state index is 12.1. The first kappa shape index (κ1) is 14.4. The molecule has 19 heavy (non-hydrogen) atoms. The second kappa shape index (κ2) is 5.56. The number of nitrogens with zero attached hydrogens (tertiary/aromatic N) is 1. The Morgan fingerprint density at radius 2 is 2.11 bits per heavy atom. The summed E-state index contributed by atoms with van der Waals surface area (Å²) in [6.07, 6.45) is 4.84. The highest BCUT2D eigenvalue weighted by molar-refractivity contribution is 7.89. The van der Waals surface area contributed by atoms with Gasteiger partial charge in [0, 0.05) is 19.3 Å². The number of nitrogens with one attached hydrogen (secondary N) is 2. The van der Waals surface area contributed by atoms with Crippen LogP contribution in [0.15, 0.2) is 23.4 Å². The normalized spacial score (nSPS) is 17.4. The number of sulfonamides is 1. The van der Waals surface area contributed by atoms with Gasteiger partial charge in [0.2, 0.25) is 0 Å². The molecule has 6 heteroatoms. The lowest BCUT2D eigenvalue weighted by Gasteiger charge is -2.13. The monoisotopic (exact) mass is 283 g/mol. The van der Waals surface area contributed by atoms with Crippen LogP contribution in [0.2, 0.25) is 0 Å². The highest BCUT2D eigenvalue weighted by Crippen LogP contribution is 2.48. The van der Waals surface area contributed by atoms with Gasteiger partial charge in [-0.25, -0.2) is 18.1 Å².